The number of benzene rings is 1. The largest absolute Gasteiger partial charge is 0.484 e. The number of hydrogen-bond acceptors (Lipinski definition) is 4. The summed E-state index contributed by atoms with van der Waals surface area (Å²) in [6, 6.07) is 9.26. The highest BCUT2D eigenvalue weighted by molar-refractivity contribution is 5.77. The van der Waals surface area contributed by atoms with Crippen molar-refractivity contribution in [2.45, 2.75) is 20.3 Å². The number of hydrogen-bond donors (Lipinski definition) is 1. The zero-order valence-electron chi connectivity index (χ0n) is 11.7. The Balaban J connectivity index is 1.71. The minimum Gasteiger partial charge on any atom is -0.484 e. The Morgan fingerprint density at radius 2 is 2.05 bits per heavy atom. The summed E-state index contributed by atoms with van der Waals surface area (Å²) in [7, 11) is 0. The molecule has 0 saturated carbocycles. The van der Waals surface area contributed by atoms with Crippen molar-refractivity contribution in [3.63, 3.8) is 0 Å². The van der Waals surface area contributed by atoms with Crippen molar-refractivity contribution in [2.24, 2.45) is 0 Å². The van der Waals surface area contributed by atoms with E-state index in [2.05, 4.69) is 10.5 Å². The molecule has 1 amide bonds. The van der Waals surface area contributed by atoms with Crippen LogP contribution in [0.25, 0.3) is 0 Å². The third kappa shape index (κ3) is 3.85. The predicted octanol–water partition coefficient (Wildman–Crippen LogP) is 2.03. The zero-order valence-corrected chi connectivity index (χ0v) is 11.7. The molecule has 0 saturated heterocycles. The first-order valence-electron chi connectivity index (χ1n) is 6.53. The van der Waals surface area contributed by atoms with E-state index in [1.807, 2.05) is 44.2 Å². The van der Waals surface area contributed by atoms with Crippen LogP contribution >= 0.6 is 0 Å². The highest BCUT2D eigenvalue weighted by atomic mass is 16.5. The lowest BCUT2D eigenvalue weighted by Crippen LogP contribution is -2.30. The number of rotatable bonds is 6. The number of carbonyl (C=O) groups is 1. The fourth-order valence-corrected chi connectivity index (χ4v) is 1.90. The maximum atomic E-state index is 11.6. The summed E-state index contributed by atoms with van der Waals surface area (Å²) in [6.45, 7) is 4.33. The smallest absolute Gasteiger partial charge is 0.257 e. The van der Waals surface area contributed by atoms with Crippen LogP contribution in [-0.4, -0.2) is 24.2 Å². The predicted molar refractivity (Wildman–Crippen MR) is 74.6 cm³/mol. The highest BCUT2D eigenvalue weighted by Crippen LogP contribution is 2.12. The standard InChI is InChI=1S/C15H18N2O3/c1-11-14(12(2)20-17-11)8-9-16-15(18)10-19-13-6-4-3-5-7-13/h3-7H,8-10H2,1-2H3,(H,16,18). The van der Waals surface area contributed by atoms with Gasteiger partial charge in [0.15, 0.2) is 6.61 Å². The van der Waals surface area contributed by atoms with Crippen LogP contribution in [-0.2, 0) is 11.2 Å². The molecule has 0 aliphatic carbocycles. The van der Waals surface area contributed by atoms with Crippen LogP contribution in [0.5, 0.6) is 5.75 Å². The molecule has 0 radical (unpaired) electrons. The molecule has 0 spiro atoms. The molecule has 2 rings (SSSR count). The van der Waals surface area contributed by atoms with E-state index < -0.39 is 0 Å². The summed E-state index contributed by atoms with van der Waals surface area (Å²) in [4.78, 5) is 11.6. The Morgan fingerprint density at radius 1 is 1.30 bits per heavy atom. The second-order valence-corrected chi connectivity index (χ2v) is 4.50. The number of carbonyl (C=O) groups excluding carboxylic acids is 1. The third-order valence-electron chi connectivity index (χ3n) is 2.99. The molecule has 0 aliphatic rings. The van der Waals surface area contributed by atoms with E-state index in [-0.39, 0.29) is 12.5 Å². The Labute approximate surface area is 117 Å². The zero-order chi connectivity index (χ0) is 14.4. The summed E-state index contributed by atoms with van der Waals surface area (Å²) in [5, 5.41) is 6.69. The van der Waals surface area contributed by atoms with Crippen LogP contribution < -0.4 is 10.1 Å². The van der Waals surface area contributed by atoms with Gasteiger partial charge in [-0.2, -0.15) is 0 Å². The lowest BCUT2D eigenvalue weighted by atomic mass is 10.1. The number of aryl methyl sites for hydroxylation is 2. The van der Waals surface area contributed by atoms with Crippen molar-refractivity contribution in [2.75, 3.05) is 13.2 Å². The Bertz CT molecular complexity index is 544. The lowest BCUT2D eigenvalue weighted by molar-refractivity contribution is -0.123. The fraction of sp³-hybridized carbons (Fsp3) is 0.333. The normalized spacial score (nSPS) is 10.3. The highest BCUT2D eigenvalue weighted by Gasteiger charge is 2.09. The van der Waals surface area contributed by atoms with Crippen LogP contribution in [0.15, 0.2) is 34.9 Å². The summed E-state index contributed by atoms with van der Waals surface area (Å²) in [5.74, 6) is 1.35. The minimum absolute atomic E-state index is 0.0195. The van der Waals surface area contributed by atoms with Crippen LogP contribution in [0.3, 0.4) is 0 Å². The molecule has 0 fully saturated rings. The summed E-state index contributed by atoms with van der Waals surface area (Å²) in [5.41, 5.74) is 1.92. The van der Waals surface area contributed by atoms with Gasteiger partial charge in [0.05, 0.1) is 5.69 Å². The van der Waals surface area contributed by atoms with Gasteiger partial charge in [-0.15, -0.1) is 0 Å². The van der Waals surface area contributed by atoms with Crippen LogP contribution in [0.2, 0.25) is 0 Å². The molecule has 5 nitrogen and oxygen atoms in total. The third-order valence-corrected chi connectivity index (χ3v) is 2.99. The average Bonchev–Trinajstić information content (AvgIpc) is 2.78. The van der Waals surface area contributed by atoms with Crippen LogP contribution in [0, 0.1) is 13.8 Å². The number of amides is 1. The van der Waals surface area contributed by atoms with E-state index >= 15 is 0 Å². The van der Waals surface area contributed by atoms with E-state index in [9.17, 15) is 4.79 Å². The number of aromatic nitrogens is 1. The van der Waals surface area contributed by atoms with Gasteiger partial charge in [0.25, 0.3) is 5.91 Å². The summed E-state index contributed by atoms with van der Waals surface area (Å²) < 4.78 is 10.4. The Hall–Kier alpha value is -2.30. The SMILES string of the molecule is Cc1noc(C)c1CCNC(=O)COc1ccccc1. The van der Waals surface area contributed by atoms with E-state index in [1.54, 1.807) is 0 Å². The number of nitrogens with one attached hydrogen (secondary N) is 1. The van der Waals surface area contributed by atoms with Gasteiger partial charge in [0.2, 0.25) is 0 Å². The molecule has 0 unspecified atom stereocenters. The van der Waals surface area contributed by atoms with Gasteiger partial charge in [-0.3, -0.25) is 4.79 Å². The van der Waals surface area contributed by atoms with Gasteiger partial charge in [-0.1, -0.05) is 23.4 Å². The van der Waals surface area contributed by atoms with Crippen LogP contribution in [0.4, 0.5) is 0 Å². The maximum Gasteiger partial charge on any atom is 0.257 e. The van der Waals surface area contributed by atoms with Crippen molar-refractivity contribution in [1.29, 1.82) is 0 Å². The van der Waals surface area contributed by atoms with Crippen molar-refractivity contribution in [3.05, 3.63) is 47.3 Å². The van der Waals surface area contributed by atoms with Crippen molar-refractivity contribution in [1.82, 2.24) is 10.5 Å². The quantitative estimate of drug-likeness (QED) is 0.875. The van der Waals surface area contributed by atoms with E-state index in [0.29, 0.717) is 18.7 Å². The van der Waals surface area contributed by atoms with Gasteiger partial charge in [0.1, 0.15) is 11.5 Å². The first kappa shape index (κ1) is 14.1. The fourth-order valence-electron chi connectivity index (χ4n) is 1.90. The first-order chi connectivity index (χ1) is 9.66. The van der Waals surface area contributed by atoms with E-state index in [0.717, 1.165) is 17.0 Å². The monoisotopic (exact) mass is 274 g/mol. The van der Waals surface area contributed by atoms with Gasteiger partial charge >= 0.3 is 0 Å². The van der Waals surface area contributed by atoms with Crippen molar-refractivity contribution in [3.8, 4) is 5.75 Å². The van der Waals surface area contributed by atoms with Gasteiger partial charge in [-0.25, -0.2) is 0 Å². The molecular weight excluding hydrogens is 256 g/mol. The molecule has 1 heterocycles. The Morgan fingerprint density at radius 3 is 2.70 bits per heavy atom. The number of para-hydroxylation sites is 1. The first-order valence-corrected chi connectivity index (χ1v) is 6.53. The number of ether oxygens (including phenoxy) is 1. The molecule has 1 aromatic carbocycles. The molecule has 0 bridgehead atoms. The molecule has 1 N–H and O–H groups in total. The number of nitrogens with zero attached hydrogens (tertiary/aromatic N) is 1. The molecule has 2 aromatic rings. The molecule has 0 aliphatic heterocycles. The Kier molecular flexibility index (Phi) is 4.76. The van der Waals surface area contributed by atoms with Gasteiger partial charge in [0, 0.05) is 12.1 Å². The second-order valence-electron chi connectivity index (χ2n) is 4.50. The molecule has 5 heteroatoms. The molecule has 0 atom stereocenters. The van der Waals surface area contributed by atoms with E-state index in [4.69, 9.17) is 9.26 Å². The van der Waals surface area contributed by atoms with Gasteiger partial charge in [-0.05, 0) is 32.4 Å². The van der Waals surface area contributed by atoms with Crippen molar-refractivity contribution >= 4 is 5.91 Å². The molecule has 20 heavy (non-hydrogen) atoms. The van der Waals surface area contributed by atoms with Gasteiger partial charge < -0.3 is 14.6 Å². The summed E-state index contributed by atoms with van der Waals surface area (Å²) >= 11 is 0. The molecule has 106 valence electrons. The van der Waals surface area contributed by atoms with Crippen LogP contribution in [0.1, 0.15) is 17.0 Å². The average molecular weight is 274 g/mol. The lowest BCUT2D eigenvalue weighted by Gasteiger charge is -2.07. The summed E-state index contributed by atoms with van der Waals surface area (Å²) in [6.07, 6.45) is 0.707. The minimum atomic E-state index is -0.138. The van der Waals surface area contributed by atoms with E-state index in [1.165, 1.54) is 0 Å². The second kappa shape index (κ2) is 6.75. The molecule has 1 aromatic heterocycles. The van der Waals surface area contributed by atoms with Crippen molar-refractivity contribution < 1.29 is 14.1 Å². The molecular formula is C15H18N2O3. The maximum absolute atomic E-state index is 11.6. The topological polar surface area (TPSA) is 64.4 Å².